The molecule has 0 unspecified atom stereocenters. The molecule has 0 amide bonds. The van der Waals surface area contributed by atoms with Crippen molar-refractivity contribution >= 4 is 33.0 Å². The number of esters is 1. The fourth-order valence-corrected chi connectivity index (χ4v) is 2.37. The highest BCUT2D eigenvalue weighted by molar-refractivity contribution is 7.92. The SMILES string of the molecule is CC(=O)Oc1sc(S(C)(=O)=O)nc1N. The topological polar surface area (TPSA) is 99.4 Å². The summed E-state index contributed by atoms with van der Waals surface area (Å²) < 4.78 is 26.6. The number of hydrogen-bond donors (Lipinski definition) is 1. The molecule has 6 nitrogen and oxygen atoms in total. The first kappa shape index (κ1) is 10.9. The Morgan fingerprint density at radius 2 is 2.14 bits per heavy atom. The molecule has 1 heterocycles. The number of aromatic nitrogens is 1. The van der Waals surface area contributed by atoms with Crippen LogP contribution in [0.15, 0.2) is 4.34 Å². The van der Waals surface area contributed by atoms with Crippen LogP contribution >= 0.6 is 11.3 Å². The van der Waals surface area contributed by atoms with Crippen molar-refractivity contribution in [3.05, 3.63) is 0 Å². The summed E-state index contributed by atoms with van der Waals surface area (Å²) in [4.78, 5) is 14.1. The lowest BCUT2D eigenvalue weighted by Gasteiger charge is -1.94. The molecule has 2 N–H and O–H groups in total. The lowest BCUT2D eigenvalue weighted by molar-refractivity contribution is -0.131. The number of nitrogens with zero attached hydrogens (tertiary/aromatic N) is 1. The molecule has 14 heavy (non-hydrogen) atoms. The van der Waals surface area contributed by atoms with Gasteiger partial charge in [0.1, 0.15) is 0 Å². The van der Waals surface area contributed by atoms with E-state index in [1.807, 2.05) is 0 Å². The van der Waals surface area contributed by atoms with Crippen LogP contribution in [0.3, 0.4) is 0 Å². The van der Waals surface area contributed by atoms with Crippen molar-refractivity contribution in [3.8, 4) is 5.06 Å². The molecular weight excluding hydrogens is 228 g/mol. The number of carbonyl (C=O) groups excluding carboxylic acids is 1. The Morgan fingerprint density at radius 1 is 1.57 bits per heavy atom. The van der Waals surface area contributed by atoms with Crippen molar-refractivity contribution in [2.75, 3.05) is 12.0 Å². The number of anilines is 1. The Kier molecular flexibility index (Phi) is 2.76. The van der Waals surface area contributed by atoms with E-state index in [-0.39, 0.29) is 15.2 Å². The summed E-state index contributed by atoms with van der Waals surface area (Å²) in [5, 5.41) is 0.0120. The fourth-order valence-electron chi connectivity index (χ4n) is 0.661. The monoisotopic (exact) mass is 236 g/mol. The summed E-state index contributed by atoms with van der Waals surface area (Å²) in [7, 11) is -3.40. The third kappa shape index (κ3) is 2.42. The molecule has 0 saturated heterocycles. The van der Waals surface area contributed by atoms with E-state index in [0.717, 1.165) is 17.6 Å². The van der Waals surface area contributed by atoms with Crippen LogP contribution < -0.4 is 10.5 Å². The molecule has 1 rings (SSSR count). The molecule has 0 aliphatic heterocycles. The van der Waals surface area contributed by atoms with E-state index < -0.39 is 15.8 Å². The number of hydrogen-bond acceptors (Lipinski definition) is 7. The van der Waals surface area contributed by atoms with Gasteiger partial charge in [0.15, 0.2) is 5.82 Å². The summed E-state index contributed by atoms with van der Waals surface area (Å²) in [6.45, 7) is 1.19. The van der Waals surface area contributed by atoms with Crippen molar-refractivity contribution in [1.82, 2.24) is 4.98 Å². The molecule has 0 aliphatic rings. The number of carbonyl (C=O) groups is 1. The minimum atomic E-state index is -3.40. The summed E-state index contributed by atoms with van der Waals surface area (Å²) in [6, 6.07) is 0. The van der Waals surface area contributed by atoms with E-state index >= 15 is 0 Å². The molecule has 0 fully saturated rings. The van der Waals surface area contributed by atoms with Gasteiger partial charge in [-0.15, -0.1) is 0 Å². The van der Waals surface area contributed by atoms with Gasteiger partial charge in [-0.3, -0.25) is 4.79 Å². The van der Waals surface area contributed by atoms with Crippen molar-refractivity contribution in [2.24, 2.45) is 0 Å². The van der Waals surface area contributed by atoms with Gasteiger partial charge in [-0.25, -0.2) is 13.4 Å². The van der Waals surface area contributed by atoms with E-state index in [4.69, 9.17) is 5.73 Å². The smallest absolute Gasteiger partial charge is 0.308 e. The van der Waals surface area contributed by atoms with E-state index in [0.29, 0.717) is 0 Å². The molecule has 0 aromatic carbocycles. The zero-order chi connectivity index (χ0) is 10.9. The first-order valence-electron chi connectivity index (χ1n) is 3.45. The summed E-state index contributed by atoms with van der Waals surface area (Å²) in [5.74, 6) is -0.661. The highest BCUT2D eigenvalue weighted by Crippen LogP contribution is 2.31. The molecule has 1 aromatic rings. The number of nitrogen functional groups attached to an aromatic ring is 1. The summed E-state index contributed by atoms with van der Waals surface area (Å²) >= 11 is 0.728. The second-order valence-corrected chi connectivity index (χ2v) is 5.67. The Hall–Kier alpha value is -1.15. The first-order chi connectivity index (χ1) is 6.30. The number of ether oxygens (including phenoxy) is 1. The van der Waals surface area contributed by atoms with E-state index in [1.54, 1.807) is 0 Å². The van der Waals surface area contributed by atoms with Crippen LogP contribution in [0.25, 0.3) is 0 Å². The Labute approximate surface area is 84.6 Å². The normalized spacial score (nSPS) is 11.3. The number of rotatable bonds is 2. The number of thiazole rings is 1. The van der Waals surface area contributed by atoms with Crippen molar-refractivity contribution in [1.29, 1.82) is 0 Å². The molecule has 1 aromatic heterocycles. The maximum atomic E-state index is 11.0. The molecule has 0 spiro atoms. The van der Waals surface area contributed by atoms with Gasteiger partial charge in [-0.2, -0.15) is 0 Å². The van der Waals surface area contributed by atoms with Gasteiger partial charge in [-0.1, -0.05) is 11.3 Å². The van der Waals surface area contributed by atoms with Crippen LogP contribution in [0, 0.1) is 0 Å². The Morgan fingerprint density at radius 3 is 2.50 bits per heavy atom. The largest absolute Gasteiger partial charge is 0.411 e. The Balaban J connectivity index is 3.12. The van der Waals surface area contributed by atoms with Crippen LogP contribution in [-0.2, 0) is 14.6 Å². The zero-order valence-corrected chi connectivity index (χ0v) is 9.11. The predicted molar refractivity (Wildman–Crippen MR) is 50.9 cm³/mol. The minimum absolute atomic E-state index is 0.0120. The third-order valence-corrected chi connectivity index (χ3v) is 3.78. The van der Waals surface area contributed by atoms with E-state index in [9.17, 15) is 13.2 Å². The molecule has 0 bridgehead atoms. The van der Waals surface area contributed by atoms with Gasteiger partial charge in [0.05, 0.1) is 0 Å². The summed E-state index contributed by atoms with van der Waals surface area (Å²) in [6.07, 6.45) is 1.00. The maximum Gasteiger partial charge on any atom is 0.308 e. The van der Waals surface area contributed by atoms with Crippen LogP contribution in [0.1, 0.15) is 6.92 Å². The van der Waals surface area contributed by atoms with Gasteiger partial charge >= 0.3 is 5.97 Å². The second kappa shape index (κ2) is 3.54. The average Bonchev–Trinajstić information content (AvgIpc) is 2.30. The second-order valence-electron chi connectivity index (χ2n) is 2.52. The molecule has 0 aliphatic carbocycles. The average molecular weight is 236 g/mol. The summed E-state index contributed by atoms with van der Waals surface area (Å²) in [5.41, 5.74) is 5.34. The number of nitrogens with two attached hydrogens (primary N) is 1. The lowest BCUT2D eigenvalue weighted by Crippen LogP contribution is -2.01. The molecule has 0 atom stereocenters. The number of sulfone groups is 1. The highest BCUT2D eigenvalue weighted by Gasteiger charge is 2.18. The lowest BCUT2D eigenvalue weighted by atomic mass is 10.7. The molecule has 8 heteroatoms. The minimum Gasteiger partial charge on any atom is -0.411 e. The van der Waals surface area contributed by atoms with Crippen LogP contribution in [-0.4, -0.2) is 25.6 Å². The van der Waals surface area contributed by atoms with Crippen molar-refractivity contribution in [3.63, 3.8) is 0 Å². The van der Waals surface area contributed by atoms with Crippen LogP contribution in [0.2, 0.25) is 0 Å². The Bertz CT molecular complexity index is 462. The van der Waals surface area contributed by atoms with Gasteiger partial charge in [0.2, 0.25) is 19.2 Å². The van der Waals surface area contributed by atoms with Gasteiger partial charge < -0.3 is 10.5 Å². The van der Waals surface area contributed by atoms with Crippen LogP contribution in [0.5, 0.6) is 5.06 Å². The third-order valence-electron chi connectivity index (χ3n) is 1.15. The standard InChI is InChI=1S/C6H8N2O4S2/c1-3(9)12-5-4(7)8-6(13-5)14(2,10)11/h7H2,1-2H3. The van der Waals surface area contributed by atoms with Gasteiger partial charge in [0, 0.05) is 13.2 Å². The maximum absolute atomic E-state index is 11.0. The van der Waals surface area contributed by atoms with Gasteiger partial charge in [-0.05, 0) is 0 Å². The molecule has 0 saturated carbocycles. The first-order valence-corrected chi connectivity index (χ1v) is 6.16. The molecular formula is C6H8N2O4S2. The zero-order valence-electron chi connectivity index (χ0n) is 7.47. The highest BCUT2D eigenvalue weighted by atomic mass is 32.2. The van der Waals surface area contributed by atoms with Crippen molar-refractivity contribution in [2.45, 2.75) is 11.3 Å². The van der Waals surface area contributed by atoms with Gasteiger partial charge in [0.25, 0.3) is 0 Å². The van der Waals surface area contributed by atoms with Crippen molar-refractivity contribution < 1.29 is 17.9 Å². The van der Waals surface area contributed by atoms with E-state index in [2.05, 4.69) is 9.72 Å². The van der Waals surface area contributed by atoms with Crippen LogP contribution in [0.4, 0.5) is 5.82 Å². The molecule has 78 valence electrons. The predicted octanol–water partition coefficient (Wildman–Crippen LogP) is 0.0541. The molecule has 0 radical (unpaired) electrons. The fraction of sp³-hybridized carbons (Fsp3) is 0.333. The van der Waals surface area contributed by atoms with E-state index in [1.165, 1.54) is 6.92 Å². The quantitative estimate of drug-likeness (QED) is 0.728.